The molecule has 0 bridgehead atoms. The first-order valence-electron chi connectivity index (χ1n) is 7.63. The highest BCUT2D eigenvalue weighted by Gasteiger charge is 2.55. The Morgan fingerprint density at radius 3 is 2.64 bits per heavy atom. The molecule has 3 amide bonds. The molecule has 1 N–H and O–H groups in total. The maximum atomic E-state index is 12.6. The van der Waals surface area contributed by atoms with Crippen molar-refractivity contribution in [1.82, 2.24) is 20.1 Å². The van der Waals surface area contributed by atoms with Gasteiger partial charge in [-0.25, -0.2) is 9.78 Å². The molecule has 1 spiro atoms. The highest BCUT2D eigenvalue weighted by atomic mass is 16.4. The Morgan fingerprint density at radius 1 is 1.36 bits per heavy atom. The lowest BCUT2D eigenvalue weighted by Gasteiger charge is -2.22. The van der Waals surface area contributed by atoms with E-state index in [0.717, 1.165) is 18.0 Å². The van der Waals surface area contributed by atoms with Crippen molar-refractivity contribution in [3.8, 4) is 0 Å². The molecule has 3 heterocycles. The van der Waals surface area contributed by atoms with Gasteiger partial charge in [0.05, 0.1) is 12.2 Å². The molecule has 120 valence electrons. The number of hydrogen-bond acceptors (Lipinski definition) is 5. The normalized spacial score (nSPS) is 25.8. The first kappa shape index (κ1) is 15.0. The number of urea groups is 1. The molecule has 0 aromatic carbocycles. The first-order chi connectivity index (χ1) is 10.3. The van der Waals surface area contributed by atoms with Crippen LogP contribution in [0.15, 0.2) is 4.42 Å². The van der Waals surface area contributed by atoms with Crippen LogP contribution in [0.5, 0.6) is 0 Å². The number of nitrogens with one attached hydrogen (secondary N) is 1. The Bertz CT molecular complexity index is 605. The van der Waals surface area contributed by atoms with E-state index < -0.39 is 5.54 Å². The lowest BCUT2D eigenvalue weighted by atomic mass is 9.99. The number of hydrogen-bond donors (Lipinski definition) is 1. The Morgan fingerprint density at radius 2 is 2.09 bits per heavy atom. The van der Waals surface area contributed by atoms with E-state index in [1.807, 2.05) is 27.7 Å². The topological polar surface area (TPSA) is 78.7 Å². The van der Waals surface area contributed by atoms with Gasteiger partial charge >= 0.3 is 6.03 Å². The molecule has 2 fully saturated rings. The molecule has 1 aromatic heterocycles. The van der Waals surface area contributed by atoms with Gasteiger partial charge in [-0.15, -0.1) is 0 Å². The van der Waals surface area contributed by atoms with Gasteiger partial charge in [0, 0.05) is 19.1 Å². The fourth-order valence-electron chi connectivity index (χ4n) is 3.21. The van der Waals surface area contributed by atoms with E-state index in [2.05, 4.69) is 15.2 Å². The van der Waals surface area contributed by atoms with E-state index in [9.17, 15) is 9.59 Å². The molecule has 1 atom stereocenters. The van der Waals surface area contributed by atoms with Crippen molar-refractivity contribution in [2.24, 2.45) is 0 Å². The van der Waals surface area contributed by atoms with Crippen LogP contribution in [0.1, 0.15) is 37.6 Å². The number of rotatable bonds is 3. The van der Waals surface area contributed by atoms with Gasteiger partial charge in [-0.3, -0.25) is 14.6 Å². The predicted octanol–water partition coefficient (Wildman–Crippen LogP) is 1.20. The molecule has 2 aliphatic rings. The van der Waals surface area contributed by atoms with Gasteiger partial charge in [-0.1, -0.05) is 0 Å². The van der Waals surface area contributed by atoms with E-state index in [1.165, 1.54) is 4.90 Å². The zero-order valence-electron chi connectivity index (χ0n) is 13.5. The Hall–Kier alpha value is -1.89. The second-order valence-electron chi connectivity index (χ2n) is 6.49. The summed E-state index contributed by atoms with van der Waals surface area (Å²) < 4.78 is 5.60. The minimum Gasteiger partial charge on any atom is -0.444 e. The number of aryl methyl sites for hydroxylation is 2. The number of aromatic nitrogens is 1. The van der Waals surface area contributed by atoms with Crippen molar-refractivity contribution in [2.45, 2.75) is 52.2 Å². The largest absolute Gasteiger partial charge is 0.444 e. The third-order valence-electron chi connectivity index (χ3n) is 4.49. The summed E-state index contributed by atoms with van der Waals surface area (Å²) in [4.78, 5) is 32.5. The van der Waals surface area contributed by atoms with Crippen LogP contribution in [0, 0.1) is 13.8 Å². The van der Waals surface area contributed by atoms with Crippen molar-refractivity contribution >= 4 is 11.9 Å². The number of carbonyl (C=O) groups is 2. The van der Waals surface area contributed by atoms with Gasteiger partial charge in [0.25, 0.3) is 5.91 Å². The summed E-state index contributed by atoms with van der Waals surface area (Å²) in [5.74, 6) is 1.36. The summed E-state index contributed by atoms with van der Waals surface area (Å²) in [5.41, 5.74) is 0.109. The van der Waals surface area contributed by atoms with Crippen LogP contribution in [-0.2, 0) is 11.3 Å². The van der Waals surface area contributed by atoms with Crippen LogP contribution in [0.3, 0.4) is 0 Å². The van der Waals surface area contributed by atoms with E-state index in [0.29, 0.717) is 25.4 Å². The molecule has 0 aliphatic carbocycles. The number of imide groups is 1. The third kappa shape index (κ3) is 2.29. The minimum absolute atomic E-state index is 0.116. The lowest BCUT2D eigenvalue weighted by molar-refractivity contribution is -0.132. The lowest BCUT2D eigenvalue weighted by Crippen LogP contribution is -2.49. The fraction of sp³-hybridized carbons (Fsp3) is 0.667. The smallest absolute Gasteiger partial charge is 0.325 e. The summed E-state index contributed by atoms with van der Waals surface area (Å²) in [6.45, 7) is 9.29. The van der Waals surface area contributed by atoms with Crippen molar-refractivity contribution in [3.63, 3.8) is 0 Å². The SMILES string of the molecule is Cc1nc(CN2CCC3(C2)NC(=O)N(C(C)C)C3=O)oc1C. The highest BCUT2D eigenvalue weighted by molar-refractivity contribution is 6.07. The zero-order chi connectivity index (χ0) is 16.1. The highest BCUT2D eigenvalue weighted by Crippen LogP contribution is 2.30. The van der Waals surface area contributed by atoms with Gasteiger partial charge in [-0.05, 0) is 34.1 Å². The van der Waals surface area contributed by atoms with Gasteiger partial charge in [-0.2, -0.15) is 0 Å². The number of carbonyl (C=O) groups excluding carboxylic acids is 2. The number of nitrogens with zero attached hydrogens (tertiary/aromatic N) is 3. The van der Waals surface area contributed by atoms with Gasteiger partial charge < -0.3 is 9.73 Å². The maximum absolute atomic E-state index is 12.6. The average molecular weight is 306 g/mol. The summed E-state index contributed by atoms with van der Waals surface area (Å²) in [6.07, 6.45) is 0.624. The first-order valence-corrected chi connectivity index (χ1v) is 7.63. The van der Waals surface area contributed by atoms with E-state index in [-0.39, 0.29) is 18.0 Å². The van der Waals surface area contributed by atoms with Crippen LogP contribution in [0.4, 0.5) is 4.79 Å². The Balaban J connectivity index is 1.72. The quantitative estimate of drug-likeness (QED) is 0.849. The molecule has 22 heavy (non-hydrogen) atoms. The molecule has 1 unspecified atom stereocenters. The number of oxazole rings is 1. The van der Waals surface area contributed by atoms with Crippen molar-refractivity contribution in [3.05, 3.63) is 17.3 Å². The third-order valence-corrected chi connectivity index (χ3v) is 4.49. The molecule has 7 heteroatoms. The van der Waals surface area contributed by atoms with Crippen molar-refractivity contribution in [2.75, 3.05) is 13.1 Å². The molecule has 3 rings (SSSR count). The molecular formula is C15H22N4O3. The zero-order valence-corrected chi connectivity index (χ0v) is 13.5. The molecule has 2 aliphatic heterocycles. The second kappa shape index (κ2) is 5.08. The molecular weight excluding hydrogens is 284 g/mol. The van der Waals surface area contributed by atoms with Crippen molar-refractivity contribution in [1.29, 1.82) is 0 Å². The minimum atomic E-state index is -0.780. The molecule has 0 saturated carbocycles. The van der Waals surface area contributed by atoms with E-state index >= 15 is 0 Å². The Labute approximate surface area is 129 Å². The standard InChI is InChI=1S/C15H22N4O3/c1-9(2)19-13(20)15(17-14(19)21)5-6-18(8-15)7-12-16-10(3)11(4)22-12/h9H,5-8H2,1-4H3,(H,17,21). The van der Waals surface area contributed by atoms with Gasteiger partial charge in [0.1, 0.15) is 11.3 Å². The van der Waals surface area contributed by atoms with E-state index in [4.69, 9.17) is 4.42 Å². The Kier molecular flexibility index (Phi) is 3.47. The van der Waals surface area contributed by atoms with Gasteiger partial charge in [0.2, 0.25) is 5.89 Å². The van der Waals surface area contributed by atoms with Crippen LogP contribution >= 0.6 is 0 Å². The van der Waals surface area contributed by atoms with Gasteiger partial charge in [0.15, 0.2) is 0 Å². The van der Waals surface area contributed by atoms with Crippen LogP contribution in [-0.4, -0.2) is 51.4 Å². The molecule has 7 nitrogen and oxygen atoms in total. The molecule has 0 radical (unpaired) electrons. The molecule has 2 saturated heterocycles. The summed E-state index contributed by atoms with van der Waals surface area (Å²) in [5, 5.41) is 2.89. The number of likely N-dealkylation sites (tertiary alicyclic amines) is 1. The summed E-state index contributed by atoms with van der Waals surface area (Å²) >= 11 is 0. The van der Waals surface area contributed by atoms with Crippen molar-refractivity contribution < 1.29 is 14.0 Å². The van der Waals surface area contributed by atoms with Crippen LogP contribution < -0.4 is 5.32 Å². The maximum Gasteiger partial charge on any atom is 0.325 e. The molecule has 1 aromatic rings. The predicted molar refractivity (Wildman–Crippen MR) is 79.1 cm³/mol. The monoisotopic (exact) mass is 306 g/mol. The average Bonchev–Trinajstić information content (AvgIpc) is 3.01. The van der Waals surface area contributed by atoms with Crippen LogP contribution in [0.2, 0.25) is 0 Å². The summed E-state index contributed by atoms with van der Waals surface area (Å²) in [7, 11) is 0. The number of amides is 3. The second-order valence-corrected chi connectivity index (χ2v) is 6.49. The van der Waals surface area contributed by atoms with Crippen LogP contribution in [0.25, 0.3) is 0 Å². The van der Waals surface area contributed by atoms with E-state index in [1.54, 1.807) is 0 Å². The fourth-order valence-corrected chi connectivity index (χ4v) is 3.21. The summed E-state index contributed by atoms with van der Waals surface area (Å²) in [6, 6.07) is -0.414.